The summed E-state index contributed by atoms with van der Waals surface area (Å²) in [6.07, 6.45) is 0. The number of furan rings is 1. The minimum Gasteiger partial charge on any atom is -0.455 e. The zero-order valence-electron chi connectivity index (χ0n) is 34.1. The molecular weight excluding hydrogens is 783 g/mol. The lowest BCUT2D eigenvalue weighted by Gasteiger charge is -2.27. The number of benzene rings is 11. The Morgan fingerprint density at radius 2 is 0.937 bits per heavy atom. The number of hydrogen-bond donors (Lipinski definition) is 0. The highest BCUT2D eigenvalue weighted by Crippen LogP contribution is 2.49. The number of fused-ring (bicyclic) bond motifs is 10. The predicted molar refractivity (Wildman–Crippen MR) is 270 cm³/mol. The molecule has 0 saturated heterocycles. The average molecular weight is 820 g/mol. The molecule has 0 aliphatic rings. The maximum atomic E-state index is 6.96. The molecule has 0 radical (unpaired) electrons. The van der Waals surface area contributed by atoms with E-state index in [1.54, 1.807) is 0 Å². The van der Waals surface area contributed by atoms with Crippen molar-refractivity contribution in [3.05, 3.63) is 224 Å². The summed E-state index contributed by atoms with van der Waals surface area (Å²) in [6.45, 7) is 0. The Labute approximate surface area is 368 Å². The van der Waals surface area contributed by atoms with Gasteiger partial charge in [-0.15, -0.1) is 11.3 Å². The van der Waals surface area contributed by atoms with Crippen molar-refractivity contribution >= 4 is 103 Å². The lowest BCUT2D eigenvalue weighted by molar-refractivity contribution is 0.672. The molecule has 0 amide bonds. The standard InChI is InChI=1S/C60H37NOS/c1-2-12-38(13-3-1)41-24-26-42(27-25-41)45-30-33-57-53(36-45)51-21-10-20-50(60(51)63-57)52-37-54-58-55(22-11-23-56(58)62-59(54)49-19-9-8-18-48(49)52)61(46-31-28-39-14-4-6-16-43(39)34-46)47-32-29-40-15-5-7-17-44(40)35-47/h1-37H. The molecule has 0 aliphatic heterocycles. The normalized spacial score (nSPS) is 11.8. The molecule has 2 aromatic heterocycles. The molecule has 0 unspecified atom stereocenters. The number of rotatable bonds is 6. The second-order valence-electron chi connectivity index (χ2n) is 16.4. The summed E-state index contributed by atoms with van der Waals surface area (Å²) in [5, 5.41) is 11.8. The average Bonchev–Trinajstić information content (AvgIpc) is 3.93. The third-order valence-corrected chi connectivity index (χ3v) is 14.0. The van der Waals surface area contributed by atoms with Crippen LogP contribution in [0.1, 0.15) is 0 Å². The van der Waals surface area contributed by atoms with Gasteiger partial charge in [-0.05, 0) is 109 Å². The Morgan fingerprint density at radius 1 is 0.349 bits per heavy atom. The van der Waals surface area contributed by atoms with Gasteiger partial charge in [0.15, 0.2) is 0 Å². The number of hydrogen-bond acceptors (Lipinski definition) is 3. The van der Waals surface area contributed by atoms with Crippen molar-refractivity contribution in [1.82, 2.24) is 0 Å². The van der Waals surface area contributed by atoms with E-state index in [1.807, 2.05) is 11.3 Å². The lowest BCUT2D eigenvalue weighted by atomic mass is 9.93. The molecule has 11 aromatic carbocycles. The third kappa shape index (κ3) is 5.85. The first kappa shape index (κ1) is 35.7. The second-order valence-corrected chi connectivity index (χ2v) is 17.5. The van der Waals surface area contributed by atoms with Gasteiger partial charge in [-0.25, -0.2) is 0 Å². The van der Waals surface area contributed by atoms with E-state index in [0.29, 0.717) is 0 Å². The molecule has 3 heteroatoms. The van der Waals surface area contributed by atoms with Crippen LogP contribution in [0.15, 0.2) is 229 Å². The molecule has 13 rings (SSSR count). The van der Waals surface area contributed by atoms with Crippen molar-refractivity contribution in [3.63, 3.8) is 0 Å². The summed E-state index contributed by atoms with van der Waals surface area (Å²) >= 11 is 1.88. The monoisotopic (exact) mass is 819 g/mol. The number of nitrogens with zero attached hydrogens (tertiary/aromatic N) is 1. The SMILES string of the molecule is c1ccc(-c2ccc(-c3ccc4sc5c(-c6cc7c(oc8cccc(N(c9ccc%10ccccc%10c9)c9ccc%10ccccc%10c9)c87)c7ccccc67)cccc5c4c3)cc2)cc1. The third-order valence-electron chi connectivity index (χ3n) is 12.8. The molecule has 2 heterocycles. The fourth-order valence-corrected chi connectivity index (χ4v) is 11.0. The molecule has 2 nitrogen and oxygen atoms in total. The quantitative estimate of drug-likeness (QED) is 0.166. The fraction of sp³-hybridized carbons (Fsp3) is 0. The van der Waals surface area contributed by atoms with E-state index in [-0.39, 0.29) is 0 Å². The van der Waals surface area contributed by atoms with Crippen LogP contribution >= 0.6 is 11.3 Å². The van der Waals surface area contributed by atoms with E-state index in [1.165, 1.54) is 80.5 Å². The lowest BCUT2D eigenvalue weighted by Crippen LogP contribution is -2.10. The van der Waals surface area contributed by atoms with Gasteiger partial charge in [0.2, 0.25) is 0 Å². The highest BCUT2D eigenvalue weighted by Gasteiger charge is 2.23. The summed E-state index contributed by atoms with van der Waals surface area (Å²) in [7, 11) is 0. The molecule has 0 saturated carbocycles. The molecular formula is C60H37NOS. The predicted octanol–water partition coefficient (Wildman–Crippen LogP) is 17.9. The Kier molecular flexibility index (Phi) is 8.12. The zero-order chi connectivity index (χ0) is 41.4. The van der Waals surface area contributed by atoms with Crippen molar-refractivity contribution in [2.45, 2.75) is 0 Å². The first-order valence-corrected chi connectivity index (χ1v) is 22.3. The summed E-state index contributed by atoms with van der Waals surface area (Å²) in [4.78, 5) is 2.41. The first-order valence-electron chi connectivity index (χ1n) is 21.5. The van der Waals surface area contributed by atoms with Crippen molar-refractivity contribution in [3.8, 4) is 33.4 Å². The Hall–Kier alpha value is -7.98. The van der Waals surface area contributed by atoms with Crippen LogP contribution < -0.4 is 4.90 Å². The molecule has 0 bridgehead atoms. The van der Waals surface area contributed by atoms with Crippen LogP contribution in [0, 0.1) is 0 Å². The van der Waals surface area contributed by atoms with E-state index in [0.717, 1.165) is 44.4 Å². The number of anilines is 3. The van der Waals surface area contributed by atoms with Gasteiger partial charge in [0.1, 0.15) is 11.2 Å². The Morgan fingerprint density at radius 3 is 1.67 bits per heavy atom. The summed E-state index contributed by atoms with van der Waals surface area (Å²) in [6, 6.07) is 81.7. The molecule has 63 heavy (non-hydrogen) atoms. The van der Waals surface area contributed by atoms with E-state index < -0.39 is 0 Å². The van der Waals surface area contributed by atoms with Crippen LogP contribution in [0.3, 0.4) is 0 Å². The van der Waals surface area contributed by atoms with Gasteiger partial charge in [-0.3, -0.25) is 0 Å². The minimum atomic E-state index is 0.862. The van der Waals surface area contributed by atoms with Gasteiger partial charge in [0, 0.05) is 47.9 Å². The maximum absolute atomic E-state index is 6.96. The summed E-state index contributed by atoms with van der Waals surface area (Å²) < 4.78 is 9.53. The van der Waals surface area contributed by atoms with Crippen molar-refractivity contribution < 1.29 is 4.42 Å². The van der Waals surface area contributed by atoms with Crippen LogP contribution in [0.5, 0.6) is 0 Å². The van der Waals surface area contributed by atoms with Gasteiger partial charge in [0.25, 0.3) is 0 Å². The van der Waals surface area contributed by atoms with Crippen LogP contribution in [0.2, 0.25) is 0 Å². The largest absolute Gasteiger partial charge is 0.455 e. The van der Waals surface area contributed by atoms with Gasteiger partial charge >= 0.3 is 0 Å². The van der Waals surface area contributed by atoms with Gasteiger partial charge < -0.3 is 9.32 Å². The summed E-state index contributed by atoms with van der Waals surface area (Å²) in [5.41, 5.74) is 12.3. The van der Waals surface area contributed by atoms with Crippen molar-refractivity contribution in [2.75, 3.05) is 4.90 Å². The van der Waals surface area contributed by atoms with E-state index in [4.69, 9.17) is 4.42 Å². The van der Waals surface area contributed by atoms with E-state index >= 15 is 0 Å². The minimum absolute atomic E-state index is 0.862. The van der Waals surface area contributed by atoms with Crippen LogP contribution in [0.25, 0.3) is 108 Å². The number of thiophene rings is 1. The highest BCUT2D eigenvalue weighted by molar-refractivity contribution is 7.26. The Bertz CT molecular complexity index is 3840. The van der Waals surface area contributed by atoms with E-state index in [2.05, 4.69) is 229 Å². The topological polar surface area (TPSA) is 16.4 Å². The molecule has 294 valence electrons. The summed E-state index contributed by atoms with van der Waals surface area (Å²) in [5.74, 6) is 0. The van der Waals surface area contributed by atoms with Crippen molar-refractivity contribution in [1.29, 1.82) is 0 Å². The molecule has 13 aromatic rings. The zero-order valence-corrected chi connectivity index (χ0v) is 34.9. The van der Waals surface area contributed by atoms with Crippen LogP contribution in [-0.4, -0.2) is 0 Å². The molecule has 0 N–H and O–H groups in total. The maximum Gasteiger partial charge on any atom is 0.143 e. The van der Waals surface area contributed by atoms with Crippen LogP contribution in [0.4, 0.5) is 17.1 Å². The molecule has 0 spiro atoms. The first-order chi connectivity index (χ1) is 31.2. The second kappa shape index (κ2) is 14.3. The van der Waals surface area contributed by atoms with Crippen molar-refractivity contribution in [2.24, 2.45) is 0 Å². The molecule has 0 atom stereocenters. The fourth-order valence-electron chi connectivity index (χ4n) is 9.77. The van der Waals surface area contributed by atoms with Gasteiger partial charge in [0.05, 0.1) is 11.1 Å². The van der Waals surface area contributed by atoms with E-state index in [9.17, 15) is 0 Å². The molecule has 0 aliphatic carbocycles. The molecule has 0 fully saturated rings. The Balaban J connectivity index is 1.01. The highest BCUT2D eigenvalue weighted by atomic mass is 32.1. The smallest absolute Gasteiger partial charge is 0.143 e. The van der Waals surface area contributed by atoms with Crippen LogP contribution in [-0.2, 0) is 0 Å². The van der Waals surface area contributed by atoms with Gasteiger partial charge in [-0.1, -0.05) is 170 Å². The van der Waals surface area contributed by atoms with Gasteiger partial charge in [-0.2, -0.15) is 0 Å².